The standard InChI is InChI=1S/C18H25N3OS/c1-4-23-18-20-19-17(14-9-11-15(22-3)12-10-14)21(18)16-8-6-5-7-13(16)2/h9-13,16H,4-8H2,1-3H3/t13-,16-/m1/s1. The Balaban J connectivity index is 2.01. The molecule has 0 saturated heterocycles. The van der Waals surface area contributed by atoms with Gasteiger partial charge in [-0.25, -0.2) is 0 Å². The number of aromatic nitrogens is 3. The fourth-order valence-electron chi connectivity index (χ4n) is 3.42. The largest absolute Gasteiger partial charge is 0.497 e. The quantitative estimate of drug-likeness (QED) is 0.737. The van der Waals surface area contributed by atoms with Crippen molar-refractivity contribution in [1.29, 1.82) is 0 Å². The highest BCUT2D eigenvalue weighted by Crippen LogP contribution is 2.39. The van der Waals surface area contributed by atoms with E-state index in [-0.39, 0.29) is 0 Å². The molecule has 124 valence electrons. The molecule has 1 aliphatic rings. The smallest absolute Gasteiger partial charge is 0.191 e. The third-order valence-electron chi connectivity index (χ3n) is 4.68. The Hall–Kier alpha value is -1.49. The van der Waals surface area contributed by atoms with Crippen LogP contribution < -0.4 is 4.74 Å². The average molecular weight is 331 g/mol. The van der Waals surface area contributed by atoms with Gasteiger partial charge in [0.05, 0.1) is 7.11 Å². The van der Waals surface area contributed by atoms with Crippen molar-refractivity contribution in [3.63, 3.8) is 0 Å². The second-order valence-corrected chi connectivity index (χ2v) is 7.40. The van der Waals surface area contributed by atoms with Crippen molar-refractivity contribution in [3.05, 3.63) is 24.3 Å². The van der Waals surface area contributed by atoms with E-state index in [9.17, 15) is 0 Å². The molecule has 2 aromatic rings. The van der Waals surface area contributed by atoms with E-state index in [1.54, 1.807) is 18.9 Å². The lowest BCUT2D eigenvalue weighted by Gasteiger charge is -2.31. The number of methoxy groups -OCH3 is 1. The molecule has 1 fully saturated rings. The molecule has 5 heteroatoms. The van der Waals surface area contributed by atoms with E-state index in [0.717, 1.165) is 28.0 Å². The van der Waals surface area contributed by atoms with Gasteiger partial charge in [-0.05, 0) is 48.8 Å². The van der Waals surface area contributed by atoms with Crippen molar-refractivity contribution < 1.29 is 4.74 Å². The van der Waals surface area contributed by atoms with Crippen LogP contribution in [0.25, 0.3) is 11.4 Å². The normalized spacial score (nSPS) is 21.3. The molecule has 2 atom stereocenters. The SMILES string of the molecule is CCSc1nnc(-c2ccc(OC)cc2)n1[C@@H]1CCCC[C@H]1C. The molecule has 23 heavy (non-hydrogen) atoms. The maximum Gasteiger partial charge on any atom is 0.191 e. The van der Waals surface area contributed by atoms with E-state index in [2.05, 4.69) is 40.7 Å². The number of hydrogen-bond acceptors (Lipinski definition) is 4. The number of rotatable bonds is 5. The van der Waals surface area contributed by atoms with Gasteiger partial charge in [0.2, 0.25) is 0 Å². The van der Waals surface area contributed by atoms with E-state index in [0.29, 0.717) is 12.0 Å². The molecule has 0 spiro atoms. The first kappa shape index (κ1) is 16.4. The number of benzene rings is 1. The molecule has 1 aromatic carbocycles. The molecule has 4 nitrogen and oxygen atoms in total. The maximum atomic E-state index is 5.27. The van der Waals surface area contributed by atoms with Gasteiger partial charge in [-0.15, -0.1) is 10.2 Å². The Kier molecular flexibility index (Phi) is 5.26. The van der Waals surface area contributed by atoms with Crippen LogP contribution in [-0.2, 0) is 0 Å². The minimum Gasteiger partial charge on any atom is -0.497 e. The molecular formula is C18H25N3OS. The van der Waals surface area contributed by atoms with Crippen LogP contribution in [-0.4, -0.2) is 27.6 Å². The maximum absolute atomic E-state index is 5.27. The molecule has 0 aliphatic heterocycles. The molecule has 1 saturated carbocycles. The van der Waals surface area contributed by atoms with E-state index < -0.39 is 0 Å². The first-order valence-electron chi connectivity index (χ1n) is 8.46. The van der Waals surface area contributed by atoms with Gasteiger partial charge < -0.3 is 4.74 Å². The van der Waals surface area contributed by atoms with Gasteiger partial charge in [-0.1, -0.05) is 38.5 Å². The van der Waals surface area contributed by atoms with Gasteiger partial charge in [-0.3, -0.25) is 4.57 Å². The monoisotopic (exact) mass is 331 g/mol. The molecular weight excluding hydrogens is 306 g/mol. The second-order valence-electron chi connectivity index (χ2n) is 6.17. The van der Waals surface area contributed by atoms with Crippen molar-refractivity contribution in [2.45, 2.75) is 50.7 Å². The molecule has 0 radical (unpaired) electrons. The zero-order chi connectivity index (χ0) is 16.2. The summed E-state index contributed by atoms with van der Waals surface area (Å²) in [5, 5.41) is 10.1. The Labute approximate surface area is 142 Å². The van der Waals surface area contributed by atoms with Gasteiger partial charge in [0.1, 0.15) is 5.75 Å². The van der Waals surface area contributed by atoms with Crippen LogP contribution in [0.5, 0.6) is 5.75 Å². The predicted molar refractivity (Wildman–Crippen MR) is 95.1 cm³/mol. The summed E-state index contributed by atoms with van der Waals surface area (Å²) in [7, 11) is 1.69. The first-order chi connectivity index (χ1) is 11.2. The van der Waals surface area contributed by atoms with Gasteiger partial charge in [-0.2, -0.15) is 0 Å². The summed E-state index contributed by atoms with van der Waals surface area (Å²) in [4.78, 5) is 0. The lowest BCUT2D eigenvalue weighted by atomic mass is 9.85. The third kappa shape index (κ3) is 3.39. The van der Waals surface area contributed by atoms with Crippen molar-refractivity contribution in [2.75, 3.05) is 12.9 Å². The van der Waals surface area contributed by atoms with Crippen LogP contribution in [0.15, 0.2) is 29.4 Å². The summed E-state index contributed by atoms with van der Waals surface area (Å²) < 4.78 is 7.65. The van der Waals surface area contributed by atoms with Crippen LogP contribution in [0.1, 0.15) is 45.6 Å². The van der Waals surface area contributed by atoms with Gasteiger partial charge in [0.25, 0.3) is 0 Å². The predicted octanol–water partition coefficient (Wildman–Crippen LogP) is 4.82. The van der Waals surface area contributed by atoms with Gasteiger partial charge >= 0.3 is 0 Å². The average Bonchev–Trinajstić information content (AvgIpc) is 2.99. The number of ether oxygens (including phenoxy) is 1. The molecule has 0 unspecified atom stereocenters. The molecule has 1 aliphatic carbocycles. The van der Waals surface area contributed by atoms with Crippen LogP contribution in [0.2, 0.25) is 0 Å². The Morgan fingerprint density at radius 2 is 1.91 bits per heavy atom. The van der Waals surface area contributed by atoms with Crippen molar-refractivity contribution in [3.8, 4) is 17.1 Å². The van der Waals surface area contributed by atoms with Gasteiger partial charge in [0, 0.05) is 11.6 Å². The number of nitrogens with zero attached hydrogens (tertiary/aromatic N) is 3. The fourth-order valence-corrected chi connectivity index (χ4v) is 4.14. The summed E-state index contributed by atoms with van der Waals surface area (Å²) >= 11 is 1.79. The summed E-state index contributed by atoms with van der Waals surface area (Å²) in [6.45, 7) is 4.53. The summed E-state index contributed by atoms with van der Waals surface area (Å²) in [5.41, 5.74) is 1.11. The summed E-state index contributed by atoms with van der Waals surface area (Å²) in [6, 6.07) is 8.64. The number of hydrogen-bond donors (Lipinski definition) is 0. The van der Waals surface area contributed by atoms with Crippen molar-refractivity contribution in [2.24, 2.45) is 5.92 Å². The molecule has 3 rings (SSSR count). The molecule has 0 amide bonds. The molecule has 1 aromatic heterocycles. The minimum absolute atomic E-state index is 0.505. The van der Waals surface area contributed by atoms with Crippen molar-refractivity contribution >= 4 is 11.8 Å². The van der Waals surface area contributed by atoms with E-state index >= 15 is 0 Å². The zero-order valence-corrected chi connectivity index (χ0v) is 15.0. The Morgan fingerprint density at radius 1 is 1.17 bits per heavy atom. The molecule has 1 heterocycles. The fraction of sp³-hybridized carbons (Fsp3) is 0.556. The lowest BCUT2D eigenvalue weighted by Crippen LogP contribution is -2.22. The number of thioether (sulfide) groups is 1. The highest BCUT2D eigenvalue weighted by atomic mass is 32.2. The van der Waals surface area contributed by atoms with Crippen LogP contribution in [0, 0.1) is 5.92 Å². The Morgan fingerprint density at radius 3 is 2.57 bits per heavy atom. The highest BCUT2D eigenvalue weighted by molar-refractivity contribution is 7.99. The Bertz CT molecular complexity index is 638. The second kappa shape index (κ2) is 7.39. The summed E-state index contributed by atoms with van der Waals surface area (Å²) in [5.74, 6) is 3.55. The molecule has 0 N–H and O–H groups in total. The van der Waals surface area contributed by atoms with Crippen molar-refractivity contribution in [1.82, 2.24) is 14.8 Å². The highest BCUT2D eigenvalue weighted by Gasteiger charge is 2.28. The summed E-state index contributed by atoms with van der Waals surface area (Å²) in [6.07, 6.45) is 5.15. The van der Waals surface area contributed by atoms with E-state index in [4.69, 9.17) is 4.74 Å². The zero-order valence-electron chi connectivity index (χ0n) is 14.2. The van der Waals surface area contributed by atoms with Gasteiger partial charge in [0.15, 0.2) is 11.0 Å². The van der Waals surface area contributed by atoms with E-state index in [1.165, 1.54) is 25.7 Å². The lowest BCUT2D eigenvalue weighted by molar-refractivity contribution is 0.247. The third-order valence-corrected chi connectivity index (χ3v) is 5.51. The topological polar surface area (TPSA) is 39.9 Å². The minimum atomic E-state index is 0.505. The first-order valence-corrected chi connectivity index (χ1v) is 9.45. The van der Waals surface area contributed by atoms with Crippen LogP contribution >= 0.6 is 11.8 Å². The molecule has 0 bridgehead atoms. The van der Waals surface area contributed by atoms with E-state index in [1.807, 2.05) is 12.1 Å². The van der Waals surface area contributed by atoms with Crippen LogP contribution in [0.3, 0.4) is 0 Å². The van der Waals surface area contributed by atoms with Crippen LogP contribution in [0.4, 0.5) is 0 Å².